The summed E-state index contributed by atoms with van der Waals surface area (Å²) in [6.07, 6.45) is 3.55. The first kappa shape index (κ1) is 20.1. The highest BCUT2D eigenvalue weighted by molar-refractivity contribution is 5.79. The molecule has 3 aromatic rings. The molecule has 0 aliphatic heterocycles. The molecule has 0 saturated carbocycles. The van der Waals surface area contributed by atoms with Crippen molar-refractivity contribution < 1.29 is 9.47 Å². The lowest BCUT2D eigenvalue weighted by Crippen LogP contribution is -2.36. The van der Waals surface area contributed by atoms with Crippen molar-refractivity contribution in [2.24, 2.45) is 4.99 Å². The minimum Gasteiger partial charge on any atom is -0.490 e. The number of aromatic nitrogens is 2. The van der Waals surface area contributed by atoms with Gasteiger partial charge in [-0.05, 0) is 36.8 Å². The summed E-state index contributed by atoms with van der Waals surface area (Å²) in [5.74, 6) is 2.55. The second-order valence-corrected chi connectivity index (χ2v) is 6.09. The van der Waals surface area contributed by atoms with E-state index in [9.17, 15) is 0 Å². The fourth-order valence-corrected chi connectivity index (χ4v) is 2.58. The van der Waals surface area contributed by atoms with E-state index in [1.165, 1.54) is 0 Å². The maximum absolute atomic E-state index is 5.85. The summed E-state index contributed by atoms with van der Waals surface area (Å²) in [7, 11) is 1.73. The van der Waals surface area contributed by atoms with Gasteiger partial charge in [0.25, 0.3) is 0 Å². The molecule has 0 fully saturated rings. The van der Waals surface area contributed by atoms with Crippen LogP contribution in [0.3, 0.4) is 0 Å². The Balaban J connectivity index is 1.52. The standard InChI is InChI=1S/C22H25N5O2/c1-3-28-19-9-4-5-10-20(19)29-21-12-11-17(14-25-21)15-26-22(23-2)27-16-18-8-6-7-13-24-18/h4-14H,3,15-16H2,1-2H3,(H2,23,26,27). The first-order valence-corrected chi connectivity index (χ1v) is 9.47. The summed E-state index contributed by atoms with van der Waals surface area (Å²) in [4.78, 5) is 12.9. The van der Waals surface area contributed by atoms with Crippen molar-refractivity contribution >= 4 is 5.96 Å². The van der Waals surface area contributed by atoms with Gasteiger partial charge in [-0.25, -0.2) is 4.98 Å². The predicted octanol–water partition coefficient (Wildman–Crippen LogP) is 3.53. The van der Waals surface area contributed by atoms with Crippen LogP contribution in [0.5, 0.6) is 17.4 Å². The van der Waals surface area contributed by atoms with Gasteiger partial charge in [-0.1, -0.05) is 24.3 Å². The number of hydrogen-bond donors (Lipinski definition) is 2. The lowest BCUT2D eigenvalue weighted by Gasteiger charge is -2.12. The second kappa shape index (κ2) is 10.7. The first-order chi connectivity index (χ1) is 14.3. The summed E-state index contributed by atoms with van der Waals surface area (Å²) in [5, 5.41) is 6.50. The van der Waals surface area contributed by atoms with Gasteiger partial charge in [0.2, 0.25) is 5.88 Å². The molecule has 0 atom stereocenters. The van der Waals surface area contributed by atoms with E-state index >= 15 is 0 Å². The lowest BCUT2D eigenvalue weighted by molar-refractivity contribution is 0.319. The molecule has 3 rings (SSSR count). The van der Waals surface area contributed by atoms with Crippen LogP contribution in [-0.2, 0) is 13.1 Å². The zero-order valence-electron chi connectivity index (χ0n) is 16.6. The number of rotatable bonds is 8. The number of aliphatic imine (C=N–C) groups is 1. The largest absolute Gasteiger partial charge is 0.490 e. The minimum absolute atomic E-state index is 0.513. The quantitative estimate of drug-likeness (QED) is 0.452. The van der Waals surface area contributed by atoms with E-state index in [0.29, 0.717) is 43.0 Å². The molecule has 150 valence electrons. The van der Waals surface area contributed by atoms with Crippen LogP contribution in [-0.4, -0.2) is 29.6 Å². The Hall–Kier alpha value is -3.61. The molecule has 2 aromatic heterocycles. The van der Waals surface area contributed by atoms with Crippen LogP contribution < -0.4 is 20.1 Å². The Morgan fingerprint density at radius 3 is 2.41 bits per heavy atom. The molecule has 1 aromatic carbocycles. The number of hydrogen-bond acceptors (Lipinski definition) is 5. The molecule has 0 saturated heterocycles. The summed E-state index contributed by atoms with van der Waals surface area (Å²) in [6.45, 7) is 3.71. The summed E-state index contributed by atoms with van der Waals surface area (Å²) in [5.41, 5.74) is 1.96. The Morgan fingerprint density at radius 2 is 1.72 bits per heavy atom. The highest BCUT2D eigenvalue weighted by Gasteiger charge is 2.06. The topological polar surface area (TPSA) is 80.7 Å². The fourth-order valence-electron chi connectivity index (χ4n) is 2.58. The number of ether oxygens (including phenoxy) is 2. The molecule has 2 N–H and O–H groups in total. The molecular weight excluding hydrogens is 366 g/mol. The smallest absolute Gasteiger partial charge is 0.219 e. The zero-order chi connectivity index (χ0) is 20.3. The van der Waals surface area contributed by atoms with Crippen LogP contribution in [0, 0.1) is 0 Å². The van der Waals surface area contributed by atoms with Crippen molar-refractivity contribution in [2.45, 2.75) is 20.0 Å². The van der Waals surface area contributed by atoms with Gasteiger partial charge >= 0.3 is 0 Å². The molecule has 2 heterocycles. The predicted molar refractivity (Wildman–Crippen MR) is 113 cm³/mol. The number of nitrogens with one attached hydrogen (secondary N) is 2. The van der Waals surface area contributed by atoms with E-state index in [1.54, 1.807) is 19.4 Å². The van der Waals surface area contributed by atoms with Crippen LogP contribution in [0.2, 0.25) is 0 Å². The van der Waals surface area contributed by atoms with Crippen LogP contribution in [0.15, 0.2) is 72.0 Å². The molecule has 7 nitrogen and oxygen atoms in total. The van der Waals surface area contributed by atoms with Crippen LogP contribution >= 0.6 is 0 Å². The molecule has 0 bridgehead atoms. The van der Waals surface area contributed by atoms with Crippen molar-refractivity contribution in [3.05, 3.63) is 78.2 Å². The van der Waals surface area contributed by atoms with Gasteiger partial charge in [0, 0.05) is 32.1 Å². The molecule has 0 aliphatic carbocycles. The normalized spacial score (nSPS) is 11.0. The Bertz CT molecular complexity index is 914. The number of guanidine groups is 1. The van der Waals surface area contributed by atoms with Crippen LogP contribution in [0.1, 0.15) is 18.2 Å². The van der Waals surface area contributed by atoms with Crippen molar-refractivity contribution in [3.63, 3.8) is 0 Å². The molecule has 0 radical (unpaired) electrons. The van der Waals surface area contributed by atoms with E-state index in [0.717, 1.165) is 11.3 Å². The van der Waals surface area contributed by atoms with E-state index in [1.807, 2.05) is 61.5 Å². The number of para-hydroxylation sites is 2. The van der Waals surface area contributed by atoms with Crippen molar-refractivity contribution in [3.8, 4) is 17.4 Å². The summed E-state index contributed by atoms with van der Waals surface area (Å²) >= 11 is 0. The Morgan fingerprint density at radius 1 is 0.931 bits per heavy atom. The number of benzene rings is 1. The van der Waals surface area contributed by atoms with Gasteiger partial charge in [-0.3, -0.25) is 9.98 Å². The first-order valence-electron chi connectivity index (χ1n) is 9.47. The maximum atomic E-state index is 5.85. The van der Waals surface area contributed by atoms with Crippen molar-refractivity contribution in [2.75, 3.05) is 13.7 Å². The SMILES string of the molecule is CCOc1ccccc1Oc1ccc(CNC(=NC)NCc2ccccn2)cn1. The van der Waals surface area contributed by atoms with Gasteiger partial charge in [0.05, 0.1) is 18.8 Å². The van der Waals surface area contributed by atoms with Gasteiger partial charge in [0.1, 0.15) is 0 Å². The molecule has 29 heavy (non-hydrogen) atoms. The summed E-state index contributed by atoms with van der Waals surface area (Å²) in [6, 6.07) is 17.2. The molecule has 0 unspecified atom stereocenters. The van der Waals surface area contributed by atoms with Crippen molar-refractivity contribution in [1.82, 2.24) is 20.6 Å². The van der Waals surface area contributed by atoms with Crippen LogP contribution in [0.25, 0.3) is 0 Å². The van der Waals surface area contributed by atoms with E-state index in [2.05, 4.69) is 25.6 Å². The number of nitrogens with zero attached hydrogens (tertiary/aromatic N) is 3. The highest BCUT2D eigenvalue weighted by atomic mass is 16.5. The molecule has 0 spiro atoms. The maximum Gasteiger partial charge on any atom is 0.219 e. The third kappa shape index (κ3) is 6.21. The van der Waals surface area contributed by atoms with Gasteiger partial charge in [-0.2, -0.15) is 0 Å². The van der Waals surface area contributed by atoms with Gasteiger partial charge in [0.15, 0.2) is 17.5 Å². The van der Waals surface area contributed by atoms with Gasteiger partial charge in [-0.15, -0.1) is 0 Å². The third-order valence-electron chi connectivity index (χ3n) is 4.01. The Labute approximate surface area is 170 Å². The molecule has 7 heteroatoms. The molecule has 0 aliphatic rings. The average Bonchev–Trinajstić information content (AvgIpc) is 2.77. The fraction of sp³-hybridized carbons (Fsp3) is 0.227. The summed E-state index contributed by atoms with van der Waals surface area (Å²) < 4.78 is 11.4. The monoisotopic (exact) mass is 391 g/mol. The minimum atomic E-state index is 0.513. The third-order valence-corrected chi connectivity index (χ3v) is 4.01. The average molecular weight is 391 g/mol. The van der Waals surface area contributed by atoms with Gasteiger partial charge < -0.3 is 20.1 Å². The lowest BCUT2D eigenvalue weighted by atomic mass is 10.3. The van der Waals surface area contributed by atoms with E-state index in [4.69, 9.17) is 9.47 Å². The molecular formula is C22H25N5O2. The van der Waals surface area contributed by atoms with Crippen molar-refractivity contribution in [1.29, 1.82) is 0 Å². The zero-order valence-corrected chi connectivity index (χ0v) is 16.6. The second-order valence-electron chi connectivity index (χ2n) is 6.09. The van der Waals surface area contributed by atoms with E-state index in [-0.39, 0.29) is 0 Å². The highest BCUT2D eigenvalue weighted by Crippen LogP contribution is 2.30. The Kier molecular flexibility index (Phi) is 7.40. The molecule has 0 amide bonds. The number of pyridine rings is 2. The van der Waals surface area contributed by atoms with Crippen LogP contribution in [0.4, 0.5) is 0 Å². The van der Waals surface area contributed by atoms with E-state index < -0.39 is 0 Å².